The summed E-state index contributed by atoms with van der Waals surface area (Å²) in [5, 5.41) is 3.52. The molecule has 5 nitrogen and oxygen atoms in total. The first-order chi connectivity index (χ1) is 10.3. The van der Waals surface area contributed by atoms with Gasteiger partial charge in [0.05, 0.1) is 6.61 Å². The molecule has 1 aliphatic rings. The molecule has 0 radical (unpaired) electrons. The highest BCUT2D eigenvalue weighted by Crippen LogP contribution is 2.22. The SMILES string of the molecule is CCCCOc1cc(NC2CCCCC2)nc(COC)n1. The number of nitrogens with zero attached hydrogens (tertiary/aromatic N) is 2. The van der Waals surface area contributed by atoms with Crippen molar-refractivity contribution in [3.63, 3.8) is 0 Å². The van der Waals surface area contributed by atoms with Crippen LogP contribution in [0.25, 0.3) is 0 Å². The van der Waals surface area contributed by atoms with Gasteiger partial charge in [0.1, 0.15) is 12.4 Å². The van der Waals surface area contributed by atoms with Crippen LogP contribution in [0, 0.1) is 0 Å². The van der Waals surface area contributed by atoms with Gasteiger partial charge in [0.15, 0.2) is 5.82 Å². The third-order valence-corrected chi connectivity index (χ3v) is 3.73. The van der Waals surface area contributed by atoms with Crippen LogP contribution >= 0.6 is 0 Å². The lowest BCUT2D eigenvalue weighted by atomic mass is 9.95. The molecule has 1 heterocycles. The van der Waals surface area contributed by atoms with Crippen LogP contribution in [0.1, 0.15) is 57.7 Å². The van der Waals surface area contributed by atoms with E-state index in [1.165, 1.54) is 32.1 Å². The van der Waals surface area contributed by atoms with Crippen molar-refractivity contribution in [2.45, 2.75) is 64.5 Å². The predicted molar refractivity (Wildman–Crippen MR) is 83.6 cm³/mol. The molecule has 0 spiro atoms. The Labute approximate surface area is 127 Å². The van der Waals surface area contributed by atoms with Gasteiger partial charge in [-0.05, 0) is 19.3 Å². The summed E-state index contributed by atoms with van der Waals surface area (Å²) < 4.78 is 10.9. The standard InChI is InChI=1S/C16H27N3O2/c1-3-4-10-21-16-11-14(18-15(19-16)12-20-2)17-13-8-6-5-7-9-13/h11,13H,3-10,12H2,1-2H3,(H,17,18,19). The third-order valence-electron chi connectivity index (χ3n) is 3.73. The van der Waals surface area contributed by atoms with Crippen molar-refractivity contribution in [3.05, 3.63) is 11.9 Å². The average molecular weight is 293 g/mol. The summed E-state index contributed by atoms with van der Waals surface area (Å²) in [4.78, 5) is 8.91. The Hall–Kier alpha value is -1.36. The molecule has 5 heteroatoms. The van der Waals surface area contributed by atoms with E-state index in [9.17, 15) is 0 Å². The van der Waals surface area contributed by atoms with Gasteiger partial charge in [-0.3, -0.25) is 0 Å². The van der Waals surface area contributed by atoms with E-state index in [4.69, 9.17) is 9.47 Å². The molecular weight excluding hydrogens is 266 g/mol. The van der Waals surface area contributed by atoms with Gasteiger partial charge in [-0.25, -0.2) is 4.98 Å². The summed E-state index contributed by atoms with van der Waals surface area (Å²) in [6.07, 6.45) is 8.53. The number of ether oxygens (including phenoxy) is 2. The summed E-state index contributed by atoms with van der Waals surface area (Å²) in [6, 6.07) is 2.43. The molecule has 21 heavy (non-hydrogen) atoms. The summed E-state index contributed by atoms with van der Waals surface area (Å²) in [5.74, 6) is 2.17. The lowest BCUT2D eigenvalue weighted by molar-refractivity contribution is 0.176. The van der Waals surface area contributed by atoms with Crippen molar-refractivity contribution in [3.8, 4) is 5.88 Å². The van der Waals surface area contributed by atoms with Gasteiger partial charge in [-0.2, -0.15) is 4.98 Å². The molecule has 0 bridgehead atoms. The molecular formula is C16H27N3O2. The monoisotopic (exact) mass is 293 g/mol. The molecule has 1 aromatic rings. The molecule has 0 saturated heterocycles. The molecule has 0 unspecified atom stereocenters. The Morgan fingerprint density at radius 2 is 2.05 bits per heavy atom. The molecule has 118 valence electrons. The number of rotatable bonds is 8. The van der Waals surface area contributed by atoms with Crippen LogP contribution in [0.15, 0.2) is 6.07 Å². The first-order valence-corrected chi connectivity index (χ1v) is 8.08. The van der Waals surface area contributed by atoms with Crippen molar-refractivity contribution < 1.29 is 9.47 Å². The van der Waals surface area contributed by atoms with Gasteiger partial charge < -0.3 is 14.8 Å². The number of aromatic nitrogens is 2. The van der Waals surface area contributed by atoms with E-state index in [0.717, 1.165) is 18.7 Å². The van der Waals surface area contributed by atoms with Gasteiger partial charge >= 0.3 is 0 Å². The van der Waals surface area contributed by atoms with Gasteiger partial charge in [0, 0.05) is 19.2 Å². The molecule has 1 aromatic heterocycles. The van der Waals surface area contributed by atoms with E-state index in [1.807, 2.05) is 6.07 Å². The Balaban J connectivity index is 2.02. The van der Waals surface area contributed by atoms with E-state index in [-0.39, 0.29) is 0 Å². The predicted octanol–water partition coefficient (Wildman–Crippen LogP) is 3.55. The molecule has 0 atom stereocenters. The van der Waals surface area contributed by atoms with Crippen molar-refractivity contribution in [1.82, 2.24) is 9.97 Å². The number of methoxy groups -OCH3 is 1. The number of nitrogens with one attached hydrogen (secondary N) is 1. The first-order valence-electron chi connectivity index (χ1n) is 8.08. The molecule has 2 rings (SSSR count). The van der Waals surface area contributed by atoms with Crippen molar-refractivity contribution >= 4 is 5.82 Å². The Bertz CT molecular complexity index is 420. The maximum absolute atomic E-state index is 5.72. The smallest absolute Gasteiger partial charge is 0.218 e. The zero-order chi connectivity index (χ0) is 14.9. The largest absolute Gasteiger partial charge is 0.478 e. The second-order valence-electron chi connectivity index (χ2n) is 5.62. The number of hydrogen-bond acceptors (Lipinski definition) is 5. The van der Waals surface area contributed by atoms with Crippen molar-refractivity contribution in [1.29, 1.82) is 0 Å². The van der Waals surface area contributed by atoms with Gasteiger partial charge in [0.2, 0.25) is 5.88 Å². The zero-order valence-electron chi connectivity index (χ0n) is 13.2. The van der Waals surface area contributed by atoms with E-state index >= 15 is 0 Å². The minimum Gasteiger partial charge on any atom is -0.478 e. The topological polar surface area (TPSA) is 56.3 Å². The van der Waals surface area contributed by atoms with Crippen LogP contribution in [-0.4, -0.2) is 29.7 Å². The van der Waals surface area contributed by atoms with E-state index < -0.39 is 0 Å². The van der Waals surface area contributed by atoms with Crippen molar-refractivity contribution in [2.24, 2.45) is 0 Å². The van der Waals surface area contributed by atoms with Crippen LogP contribution in [0.3, 0.4) is 0 Å². The van der Waals surface area contributed by atoms with Crippen LogP contribution in [-0.2, 0) is 11.3 Å². The number of hydrogen-bond donors (Lipinski definition) is 1. The summed E-state index contributed by atoms with van der Waals surface area (Å²) in [6.45, 7) is 3.25. The normalized spacial score (nSPS) is 15.9. The summed E-state index contributed by atoms with van der Waals surface area (Å²) >= 11 is 0. The van der Waals surface area contributed by atoms with Crippen LogP contribution in [0.2, 0.25) is 0 Å². The molecule has 1 aliphatic carbocycles. The Morgan fingerprint density at radius 1 is 1.24 bits per heavy atom. The van der Waals surface area contributed by atoms with Gasteiger partial charge in [0.25, 0.3) is 0 Å². The van der Waals surface area contributed by atoms with Gasteiger partial charge in [-0.1, -0.05) is 32.6 Å². The summed E-state index contributed by atoms with van der Waals surface area (Å²) in [5.41, 5.74) is 0. The van der Waals surface area contributed by atoms with Crippen LogP contribution < -0.4 is 10.1 Å². The summed E-state index contributed by atoms with van der Waals surface area (Å²) in [7, 11) is 1.65. The van der Waals surface area contributed by atoms with Crippen LogP contribution in [0.4, 0.5) is 5.82 Å². The minimum atomic E-state index is 0.407. The minimum absolute atomic E-state index is 0.407. The maximum atomic E-state index is 5.72. The molecule has 0 aromatic carbocycles. The molecule has 1 saturated carbocycles. The first kappa shape index (κ1) is 16.0. The highest BCUT2D eigenvalue weighted by Gasteiger charge is 2.15. The highest BCUT2D eigenvalue weighted by molar-refractivity contribution is 5.39. The highest BCUT2D eigenvalue weighted by atomic mass is 16.5. The van der Waals surface area contributed by atoms with E-state index in [0.29, 0.717) is 31.0 Å². The molecule has 1 fully saturated rings. The second kappa shape index (κ2) is 8.82. The lowest BCUT2D eigenvalue weighted by Crippen LogP contribution is -2.23. The fourth-order valence-electron chi connectivity index (χ4n) is 2.59. The zero-order valence-corrected chi connectivity index (χ0v) is 13.2. The van der Waals surface area contributed by atoms with Crippen molar-refractivity contribution in [2.75, 3.05) is 19.0 Å². The fraction of sp³-hybridized carbons (Fsp3) is 0.750. The van der Waals surface area contributed by atoms with E-state index in [2.05, 4.69) is 22.2 Å². The fourth-order valence-corrected chi connectivity index (χ4v) is 2.59. The molecule has 1 N–H and O–H groups in total. The number of anilines is 1. The maximum Gasteiger partial charge on any atom is 0.218 e. The van der Waals surface area contributed by atoms with Gasteiger partial charge in [-0.15, -0.1) is 0 Å². The third kappa shape index (κ3) is 5.50. The average Bonchev–Trinajstić information content (AvgIpc) is 2.49. The molecule has 0 aliphatic heterocycles. The Morgan fingerprint density at radius 3 is 2.76 bits per heavy atom. The Kier molecular flexibility index (Phi) is 6.73. The van der Waals surface area contributed by atoms with Crippen LogP contribution in [0.5, 0.6) is 5.88 Å². The van der Waals surface area contributed by atoms with E-state index in [1.54, 1.807) is 7.11 Å². The lowest BCUT2D eigenvalue weighted by Gasteiger charge is -2.23. The second-order valence-corrected chi connectivity index (χ2v) is 5.62. The number of unbranched alkanes of at least 4 members (excludes halogenated alkanes) is 1. The quantitative estimate of drug-likeness (QED) is 0.743. The molecule has 0 amide bonds.